The molecule has 2 aromatic rings. The van der Waals surface area contributed by atoms with E-state index in [1.807, 2.05) is 30.3 Å². The highest BCUT2D eigenvalue weighted by atomic mass is 16.5. The molecule has 0 radical (unpaired) electrons. The maximum atomic E-state index is 12.2. The highest BCUT2D eigenvalue weighted by molar-refractivity contribution is 5.94. The van der Waals surface area contributed by atoms with E-state index in [-0.39, 0.29) is 17.6 Å². The average Bonchev–Trinajstić information content (AvgIpc) is 3.13. The minimum Gasteiger partial charge on any atom is -0.370 e. The summed E-state index contributed by atoms with van der Waals surface area (Å²) < 4.78 is 6.45. The average molecular weight is 379 g/mol. The third-order valence-electron chi connectivity index (χ3n) is 6.16. The van der Waals surface area contributed by atoms with Crippen molar-refractivity contribution in [2.24, 2.45) is 0 Å². The van der Waals surface area contributed by atoms with Gasteiger partial charge in [0.1, 0.15) is 0 Å². The van der Waals surface area contributed by atoms with Crippen LogP contribution in [0.15, 0.2) is 54.6 Å². The first kappa shape index (κ1) is 19.2. The monoisotopic (exact) mass is 378 g/mol. The maximum Gasteiger partial charge on any atom is 0.251 e. The Morgan fingerprint density at radius 2 is 1.79 bits per heavy atom. The molecule has 0 saturated carbocycles. The number of benzene rings is 2. The molecule has 0 aromatic heterocycles. The number of amides is 1. The van der Waals surface area contributed by atoms with Crippen LogP contribution < -0.4 is 5.32 Å². The zero-order chi connectivity index (χ0) is 19.4. The molecule has 2 aliphatic rings. The number of hydrogen-bond donors (Lipinski definition) is 1. The van der Waals surface area contributed by atoms with Gasteiger partial charge in [-0.15, -0.1) is 0 Å². The van der Waals surface area contributed by atoms with Crippen LogP contribution in [0.1, 0.15) is 47.2 Å². The molecule has 2 aliphatic heterocycles. The standard InChI is InChI=1S/C24H30N2O2/c1-19-7-9-20(10-8-19)18-26-15-13-24(14-16-26)12-11-22(28-24)17-25-23(27)21-5-3-2-4-6-21/h2-10,22H,11-18H2,1H3,(H,25,27). The number of carbonyl (C=O) groups excluding carboxylic acids is 1. The van der Waals surface area contributed by atoms with Crippen LogP contribution in [0, 0.1) is 6.92 Å². The molecule has 4 nitrogen and oxygen atoms in total. The molecular formula is C24H30N2O2. The Bertz CT molecular complexity index is 780. The van der Waals surface area contributed by atoms with Crippen molar-refractivity contribution in [2.45, 2.75) is 50.9 Å². The van der Waals surface area contributed by atoms with Crippen molar-refractivity contribution in [3.63, 3.8) is 0 Å². The van der Waals surface area contributed by atoms with Gasteiger partial charge < -0.3 is 10.1 Å². The van der Waals surface area contributed by atoms with Gasteiger partial charge in [-0.3, -0.25) is 9.69 Å². The summed E-state index contributed by atoms with van der Waals surface area (Å²) in [6, 6.07) is 18.2. The zero-order valence-electron chi connectivity index (χ0n) is 16.7. The number of aryl methyl sites for hydroxylation is 1. The number of likely N-dealkylation sites (tertiary alicyclic amines) is 1. The second-order valence-electron chi connectivity index (χ2n) is 8.30. The van der Waals surface area contributed by atoms with E-state index in [0.29, 0.717) is 12.1 Å². The SMILES string of the molecule is Cc1ccc(CN2CCC3(CCC(CNC(=O)c4ccccc4)O3)CC2)cc1. The molecule has 4 rings (SSSR count). The Labute approximate surface area is 167 Å². The molecule has 4 heteroatoms. The summed E-state index contributed by atoms with van der Waals surface area (Å²) in [6.07, 6.45) is 4.45. The maximum absolute atomic E-state index is 12.2. The summed E-state index contributed by atoms with van der Waals surface area (Å²) in [5.74, 6) is -0.0157. The zero-order valence-corrected chi connectivity index (χ0v) is 16.7. The summed E-state index contributed by atoms with van der Waals surface area (Å²) >= 11 is 0. The van der Waals surface area contributed by atoms with E-state index in [9.17, 15) is 4.79 Å². The van der Waals surface area contributed by atoms with E-state index in [1.165, 1.54) is 11.1 Å². The number of hydrogen-bond acceptors (Lipinski definition) is 3. The lowest BCUT2D eigenvalue weighted by Crippen LogP contribution is -2.44. The molecule has 0 bridgehead atoms. The number of nitrogens with one attached hydrogen (secondary N) is 1. The van der Waals surface area contributed by atoms with Crippen molar-refractivity contribution in [3.8, 4) is 0 Å². The second kappa shape index (κ2) is 8.46. The summed E-state index contributed by atoms with van der Waals surface area (Å²) in [5.41, 5.74) is 3.42. The summed E-state index contributed by atoms with van der Waals surface area (Å²) in [7, 11) is 0. The Morgan fingerprint density at radius 3 is 2.50 bits per heavy atom. The minimum absolute atomic E-state index is 0.0157. The van der Waals surface area contributed by atoms with E-state index in [0.717, 1.165) is 45.3 Å². The van der Waals surface area contributed by atoms with Gasteiger partial charge in [-0.05, 0) is 50.3 Å². The molecule has 1 spiro atoms. The molecule has 2 fully saturated rings. The summed E-state index contributed by atoms with van der Waals surface area (Å²) in [6.45, 7) is 5.91. The molecule has 2 aromatic carbocycles. The number of rotatable bonds is 5. The van der Waals surface area contributed by atoms with E-state index in [2.05, 4.69) is 41.4 Å². The van der Waals surface area contributed by atoms with Gasteiger partial charge in [-0.2, -0.15) is 0 Å². The highest BCUT2D eigenvalue weighted by Crippen LogP contribution is 2.39. The van der Waals surface area contributed by atoms with Gasteiger partial charge in [0.25, 0.3) is 5.91 Å². The lowest BCUT2D eigenvalue weighted by Gasteiger charge is -2.39. The Hall–Kier alpha value is -2.17. The predicted octanol–water partition coefficient (Wildman–Crippen LogP) is 3.94. The molecule has 2 heterocycles. The first-order valence-corrected chi connectivity index (χ1v) is 10.4. The van der Waals surface area contributed by atoms with Crippen LogP contribution >= 0.6 is 0 Å². The Balaban J connectivity index is 1.23. The Kier molecular flexibility index (Phi) is 5.79. The van der Waals surface area contributed by atoms with E-state index >= 15 is 0 Å². The highest BCUT2D eigenvalue weighted by Gasteiger charge is 2.42. The molecule has 0 aliphatic carbocycles. The molecule has 1 atom stereocenters. The van der Waals surface area contributed by atoms with Crippen molar-refractivity contribution >= 4 is 5.91 Å². The largest absolute Gasteiger partial charge is 0.370 e. The van der Waals surface area contributed by atoms with Crippen molar-refractivity contribution in [2.75, 3.05) is 19.6 Å². The smallest absolute Gasteiger partial charge is 0.251 e. The molecule has 2 saturated heterocycles. The van der Waals surface area contributed by atoms with E-state index < -0.39 is 0 Å². The minimum atomic E-state index is -0.0157. The third-order valence-corrected chi connectivity index (χ3v) is 6.16. The lowest BCUT2D eigenvalue weighted by atomic mass is 9.88. The van der Waals surface area contributed by atoms with Crippen LogP contribution in [-0.2, 0) is 11.3 Å². The molecule has 1 N–H and O–H groups in total. The normalized spacial score (nSPS) is 21.7. The van der Waals surface area contributed by atoms with Crippen LogP contribution in [0.5, 0.6) is 0 Å². The van der Waals surface area contributed by atoms with Crippen molar-refractivity contribution in [1.29, 1.82) is 0 Å². The molecular weight excluding hydrogens is 348 g/mol. The first-order valence-electron chi connectivity index (χ1n) is 10.4. The van der Waals surface area contributed by atoms with Crippen LogP contribution in [0.3, 0.4) is 0 Å². The fraction of sp³-hybridized carbons (Fsp3) is 0.458. The van der Waals surface area contributed by atoms with Gasteiger partial charge in [0.2, 0.25) is 0 Å². The van der Waals surface area contributed by atoms with Crippen molar-refractivity contribution < 1.29 is 9.53 Å². The van der Waals surface area contributed by atoms with Crippen LogP contribution in [0.2, 0.25) is 0 Å². The van der Waals surface area contributed by atoms with Crippen LogP contribution in [0.4, 0.5) is 0 Å². The number of piperidine rings is 1. The molecule has 1 amide bonds. The molecule has 148 valence electrons. The Morgan fingerprint density at radius 1 is 1.07 bits per heavy atom. The molecule has 28 heavy (non-hydrogen) atoms. The van der Waals surface area contributed by atoms with Crippen LogP contribution in [0.25, 0.3) is 0 Å². The number of ether oxygens (including phenoxy) is 1. The van der Waals surface area contributed by atoms with E-state index in [1.54, 1.807) is 0 Å². The fourth-order valence-corrected chi connectivity index (χ4v) is 4.38. The van der Waals surface area contributed by atoms with Crippen molar-refractivity contribution in [1.82, 2.24) is 10.2 Å². The van der Waals surface area contributed by atoms with Gasteiger partial charge in [-0.25, -0.2) is 0 Å². The van der Waals surface area contributed by atoms with Crippen LogP contribution in [-0.4, -0.2) is 42.1 Å². The van der Waals surface area contributed by atoms with Gasteiger partial charge in [0.15, 0.2) is 0 Å². The second-order valence-corrected chi connectivity index (χ2v) is 8.30. The van der Waals surface area contributed by atoms with Gasteiger partial charge in [0, 0.05) is 31.7 Å². The lowest BCUT2D eigenvalue weighted by molar-refractivity contribution is -0.0764. The van der Waals surface area contributed by atoms with E-state index in [4.69, 9.17) is 4.74 Å². The van der Waals surface area contributed by atoms with Gasteiger partial charge in [0.05, 0.1) is 11.7 Å². The number of carbonyl (C=O) groups is 1. The summed E-state index contributed by atoms with van der Waals surface area (Å²) in [5, 5.41) is 3.03. The third kappa shape index (κ3) is 4.62. The number of nitrogens with zero attached hydrogens (tertiary/aromatic N) is 1. The van der Waals surface area contributed by atoms with Gasteiger partial charge in [-0.1, -0.05) is 48.0 Å². The fourth-order valence-electron chi connectivity index (χ4n) is 4.38. The quantitative estimate of drug-likeness (QED) is 0.857. The topological polar surface area (TPSA) is 41.6 Å². The first-order chi connectivity index (χ1) is 13.6. The summed E-state index contributed by atoms with van der Waals surface area (Å²) in [4.78, 5) is 14.8. The molecule has 1 unspecified atom stereocenters. The predicted molar refractivity (Wildman–Crippen MR) is 111 cm³/mol. The van der Waals surface area contributed by atoms with Gasteiger partial charge >= 0.3 is 0 Å². The van der Waals surface area contributed by atoms with Crippen molar-refractivity contribution in [3.05, 3.63) is 71.3 Å².